The summed E-state index contributed by atoms with van der Waals surface area (Å²) in [5.74, 6) is 1.44. The van der Waals surface area contributed by atoms with Crippen LogP contribution in [-0.2, 0) is 0 Å². The van der Waals surface area contributed by atoms with Gasteiger partial charge in [-0.1, -0.05) is 32.0 Å². The first-order valence-corrected chi connectivity index (χ1v) is 8.08. The van der Waals surface area contributed by atoms with E-state index >= 15 is 0 Å². The number of hydrogen-bond donors (Lipinski definition) is 1. The highest BCUT2D eigenvalue weighted by Crippen LogP contribution is 2.25. The molecule has 0 radical (unpaired) electrons. The summed E-state index contributed by atoms with van der Waals surface area (Å²) in [4.78, 5) is 12.2. The Hall–Kier alpha value is -1.49. The van der Waals surface area contributed by atoms with E-state index in [1.807, 2.05) is 30.3 Å². The first kappa shape index (κ1) is 14.9. The lowest BCUT2D eigenvalue weighted by molar-refractivity contribution is 0.215. The first-order valence-electron chi connectivity index (χ1n) is 7.09. The van der Waals surface area contributed by atoms with Gasteiger partial charge in [0.25, 0.3) is 0 Å². The SMILES string of the molecule is CCCSC1=NN(C(=O)Nc2ccccc2)CC1CC. The van der Waals surface area contributed by atoms with Crippen molar-refractivity contribution >= 4 is 28.5 Å². The molecule has 1 unspecified atom stereocenters. The number of nitrogens with one attached hydrogen (secondary N) is 1. The minimum absolute atomic E-state index is 0.151. The molecule has 1 aromatic rings. The van der Waals surface area contributed by atoms with E-state index in [0.29, 0.717) is 12.5 Å². The highest BCUT2D eigenvalue weighted by atomic mass is 32.2. The molecular formula is C15H21N3OS. The molecule has 0 aliphatic carbocycles. The van der Waals surface area contributed by atoms with Gasteiger partial charge >= 0.3 is 6.03 Å². The fourth-order valence-electron chi connectivity index (χ4n) is 2.02. The summed E-state index contributed by atoms with van der Waals surface area (Å²) in [5, 5.41) is 10.0. The number of nitrogens with zero attached hydrogens (tertiary/aromatic N) is 2. The molecule has 5 heteroatoms. The minimum atomic E-state index is -0.151. The van der Waals surface area contributed by atoms with E-state index in [-0.39, 0.29) is 6.03 Å². The Kier molecular flexibility index (Phi) is 5.47. The number of hydrogen-bond acceptors (Lipinski definition) is 3. The van der Waals surface area contributed by atoms with Crippen molar-refractivity contribution in [3.05, 3.63) is 30.3 Å². The van der Waals surface area contributed by atoms with E-state index in [1.54, 1.807) is 16.8 Å². The molecule has 1 heterocycles. The lowest BCUT2D eigenvalue weighted by Crippen LogP contribution is -2.30. The van der Waals surface area contributed by atoms with Crippen LogP contribution in [0.5, 0.6) is 0 Å². The van der Waals surface area contributed by atoms with Crippen molar-refractivity contribution in [3.8, 4) is 0 Å². The number of urea groups is 1. The molecule has 0 bridgehead atoms. The fourth-order valence-corrected chi connectivity index (χ4v) is 3.07. The number of thioether (sulfide) groups is 1. The molecule has 108 valence electrons. The first-order chi connectivity index (χ1) is 9.74. The second kappa shape index (κ2) is 7.33. The third kappa shape index (κ3) is 3.76. The Labute approximate surface area is 124 Å². The van der Waals surface area contributed by atoms with Crippen molar-refractivity contribution in [1.82, 2.24) is 5.01 Å². The maximum Gasteiger partial charge on any atom is 0.342 e. The Bertz CT molecular complexity index is 475. The summed E-state index contributed by atoms with van der Waals surface area (Å²) in [6.07, 6.45) is 2.14. The van der Waals surface area contributed by atoms with Crippen LogP contribution in [0.15, 0.2) is 35.4 Å². The van der Waals surface area contributed by atoms with Crippen LogP contribution in [0, 0.1) is 5.92 Å². The average molecular weight is 291 g/mol. The van der Waals surface area contributed by atoms with Crippen molar-refractivity contribution in [2.45, 2.75) is 26.7 Å². The van der Waals surface area contributed by atoms with Gasteiger partial charge in [-0.25, -0.2) is 9.80 Å². The highest BCUT2D eigenvalue weighted by Gasteiger charge is 2.29. The molecule has 0 saturated heterocycles. The van der Waals surface area contributed by atoms with Gasteiger partial charge in [-0.15, -0.1) is 11.8 Å². The molecule has 1 aliphatic rings. The van der Waals surface area contributed by atoms with E-state index in [2.05, 4.69) is 24.3 Å². The Balaban J connectivity index is 1.98. The maximum absolute atomic E-state index is 12.2. The van der Waals surface area contributed by atoms with Crippen LogP contribution in [0.25, 0.3) is 0 Å². The van der Waals surface area contributed by atoms with Crippen LogP contribution in [0.2, 0.25) is 0 Å². The zero-order valence-electron chi connectivity index (χ0n) is 12.0. The monoisotopic (exact) mass is 291 g/mol. The second-order valence-electron chi connectivity index (χ2n) is 4.77. The normalized spacial score (nSPS) is 18.0. The number of amides is 2. The number of para-hydroxylation sites is 1. The molecule has 2 rings (SSSR count). The van der Waals surface area contributed by atoms with Crippen LogP contribution in [0.4, 0.5) is 10.5 Å². The van der Waals surface area contributed by atoms with Gasteiger partial charge in [-0.2, -0.15) is 5.10 Å². The van der Waals surface area contributed by atoms with Gasteiger partial charge in [0.15, 0.2) is 0 Å². The van der Waals surface area contributed by atoms with Gasteiger partial charge in [0.1, 0.15) is 0 Å². The summed E-state index contributed by atoms with van der Waals surface area (Å²) >= 11 is 1.77. The van der Waals surface area contributed by atoms with Crippen LogP contribution < -0.4 is 5.32 Å². The lowest BCUT2D eigenvalue weighted by atomic mass is 10.1. The molecule has 4 nitrogen and oxygen atoms in total. The maximum atomic E-state index is 12.2. The van der Waals surface area contributed by atoms with Crippen molar-refractivity contribution in [3.63, 3.8) is 0 Å². The van der Waals surface area contributed by atoms with E-state index in [1.165, 1.54) is 0 Å². The summed E-state index contributed by atoms with van der Waals surface area (Å²) in [6, 6.07) is 9.34. The number of anilines is 1. The van der Waals surface area contributed by atoms with E-state index < -0.39 is 0 Å². The molecule has 0 fully saturated rings. The Morgan fingerprint density at radius 2 is 2.15 bits per heavy atom. The number of carbonyl (C=O) groups is 1. The van der Waals surface area contributed by atoms with E-state index in [0.717, 1.165) is 29.3 Å². The minimum Gasteiger partial charge on any atom is -0.306 e. The van der Waals surface area contributed by atoms with Gasteiger partial charge in [-0.05, 0) is 30.7 Å². The van der Waals surface area contributed by atoms with Gasteiger partial charge in [0.05, 0.1) is 11.6 Å². The van der Waals surface area contributed by atoms with Crippen LogP contribution in [0.1, 0.15) is 26.7 Å². The van der Waals surface area contributed by atoms with Crippen molar-refractivity contribution in [2.24, 2.45) is 11.0 Å². The average Bonchev–Trinajstić information content (AvgIpc) is 2.89. The Morgan fingerprint density at radius 1 is 1.40 bits per heavy atom. The molecule has 20 heavy (non-hydrogen) atoms. The third-order valence-electron chi connectivity index (χ3n) is 3.17. The van der Waals surface area contributed by atoms with Crippen LogP contribution >= 0.6 is 11.8 Å². The number of carbonyl (C=O) groups excluding carboxylic acids is 1. The largest absolute Gasteiger partial charge is 0.342 e. The van der Waals surface area contributed by atoms with Gasteiger partial charge in [-0.3, -0.25) is 0 Å². The van der Waals surface area contributed by atoms with E-state index in [4.69, 9.17) is 0 Å². The third-order valence-corrected chi connectivity index (χ3v) is 4.49. The summed E-state index contributed by atoms with van der Waals surface area (Å²) < 4.78 is 0. The van der Waals surface area contributed by atoms with Crippen molar-refractivity contribution in [1.29, 1.82) is 0 Å². The molecule has 1 aromatic carbocycles. The van der Waals surface area contributed by atoms with Crippen molar-refractivity contribution in [2.75, 3.05) is 17.6 Å². The molecular weight excluding hydrogens is 270 g/mol. The molecule has 2 amide bonds. The smallest absolute Gasteiger partial charge is 0.306 e. The summed E-state index contributed by atoms with van der Waals surface area (Å²) in [7, 11) is 0. The zero-order chi connectivity index (χ0) is 14.4. The Morgan fingerprint density at radius 3 is 2.80 bits per heavy atom. The second-order valence-corrected chi connectivity index (χ2v) is 5.89. The molecule has 1 aliphatic heterocycles. The lowest BCUT2D eigenvalue weighted by Gasteiger charge is -2.14. The highest BCUT2D eigenvalue weighted by molar-refractivity contribution is 8.14. The predicted octanol–water partition coefficient (Wildman–Crippen LogP) is 4.02. The van der Waals surface area contributed by atoms with Crippen LogP contribution in [-0.4, -0.2) is 28.4 Å². The molecule has 1 atom stereocenters. The van der Waals surface area contributed by atoms with Crippen molar-refractivity contribution < 1.29 is 4.79 Å². The summed E-state index contributed by atoms with van der Waals surface area (Å²) in [6.45, 7) is 4.98. The molecule has 1 N–H and O–H groups in total. The standard InChI is InChI=1S/C15H21N3OS/c1-3-10-20-14-12(4-2)11-18(17-14)15(19)16-13-8-6-5-7-9-13/h5-9,12H,3-4,10-11H2,1-2H3,(H,16,19). The molecule has 0 aromatic heterocycles. The zero-order valence-corrected chi connectivity index (χ0v) is 12.8. The number of hydrazone groups is 1. The number of benzene rings is 1. The predicted molar refractivity (Wildman–Crippen MR) is 86.1 cm³/mol. The molecule has 0 saturated carbocycles. The number of rotatable bonds is 4. The van der Waals surface area contributed by atoms with Gasteiger partial charge in [0, 0.05) is 11.6 Å². The van der Waals surface area contributed by atoms with Gasteiger partial charge < -0.3 is 5.32 Å². The van der Waals surface area contributed by atoms with Crippen LogP contribution in [0.3, 0.4) is 0 Å². The topological polar surface area (TPSA) is 44.7 Å². The fraction of sp³-hybridized carbons (Fsp3) is 0.467. The van der Waals surface area contributed by atoms with E-state index in [9.17, 15) is 4.79 Å². The summed E-state index contributed by atoms with van der Waals surface area (Å²) in [5.41, 5.74) is 0.801. The van der Waals surface area contributed by atoms with Gasteiger partial charge in [0.2, 0.25) is 0 Å². The molecule has 0 spiro atoms. The quantitative estimate of drug-likeness (QED) is 0.910.